The Morgan fingerprint density at radius 3 is 2.71 bits per heavy atom. The van der Waals surface area contributed by atoms with Gasteiger partial charge in [-0.05, 0) is 31.4 Å². The van der Waals surface area contributed by atoms with E-state index in [-0.39, 0.29) is 35.2 Å². The zero-order chi connectivity index (χ0) is 22.0. The number of halogens is 1. The number of carbonyl (C=O) groups is 2. The zero-order valence-electron chi connectivity index (χ0n) is 17.1. The second kappa shape index (κ2) is 8.84. The number of primary amides is 1. The maximum Gasteiger partial charge on any atom is 0.252 e. The fourth-order valence-electron chi connectivity index (χ4n) is 4.06. The van der Waals surface area contributed by atoms with Crippen molar-refractivity contribution in [2.45, 2.75) is 50.6 Å². The molecule has 164 valence electrons. The minimum atomic E-state index is -0.807. The van der Waals surface area contributed by atoms with Gasteiger partial charge in [0, 0.05) is 43.0 Å². The monoisotopic (exact) mass is 427 g/mol. The summed E-state index contributed by atoms with van der Waals surface area (Å²) in [6.07, 6.45) is 6.56. The van der Waals surface area contributed by atoms with E-state index in [2.05, 4.69) is 20.6 Å². The summed E-state index contributed by atoms with van der Waals surface area (Å²) in [7, 11) is 0. The molecule has 1 saturated carbocycles. The number of nitrogens with zero attached hydrogens (tertiary/aromatic N) is 3. The molecule has 10 heteroatoms. The van der Waals surface area contributed by atoms with Crippen LogP contribution in [0.15, 0.2) is 24.4 Å². The summed E-state index contributed by atoms with van der Waals surface area (Å²) in [5.74, 6) is -0.835. The number of pyridine rings is 2. The molecule has 1 aliphatic carbocycles. The molecule has 2 atom stereocenters. The van der Waals surface area contributed by atoms with Gasteiger partial charge in [0.25, 0.3) is 5.91 Å². The first kappa shape index (κ1) is 21.0. The van der Waals surface area contributed by atoms with Crippen LogP contribution in [-0.4, -0.2) is 40.4 Å². The Morgan fingerprint density at radius 2 is 2.00 bits per heavy atom. The van der Waals surface area contributed by atoms with Crippen LogP contribution in [0, 0.1) is 5.82 Å². The minimum absolute atomic E-state index is 0.0117. The summed E-state index contributed by atoms with van der Waals surface area (Å²) in [6.45, 7) is 0.604. The Bertz CT molecular complexity index is 1000. The molecule has 2 aromatic rings. The third-order valence-electron chi connectivity index (χ3n) is 5.74. The van der Waals surface area contributed by atoms with Crippen molar-refractivity contribution in [3.63, 3.8) is 0 Å². The highest BCUT2D eigenvalue weighted by Gasteiger charge is 2.25. The van der Waals surface area contributed by atoms with Gasteiger partial charge in [-0.25, -0.2) is 14.4 Å². The Kier molecular flexibility index (Phi) is 5.99. The van der Waals surface area contributed by atoms with Crippen molar-refractivity contribution in [3.8, 4) is 0 Å². The summed E-state index contributed by atoms with van der Waals surface area (Å²) in [6, 6.07) is 4.23. The maximum atomic E-state index is 14.7. The molecule has 2 aliphatic rings. The lowest BCUT2D eigenvalue weighted by atomic mass is 9.91. The fraction of sp³-hybridized carbons (Fsp3) is 0.429. The third-order valence-corrected chi connectivity index (χ3v) is 5.74. The van der Waals surface area contributed by atoms with Crippen molar-refractivity contribution < 1.29 is 14.0 Å². The number of hydrogen-bond acceptors (Lipinski definition) is 7. The van der Waals surface area contributed by atoms with Gasteiger partial charge in [0.1, 0.15) is 11.6 Å². The minimum Gasteiger partial charge on any atom is -0.365 e. The van der Waals surface area contributed by atoms with Gasteiger partial charge in [-0.3, -0.25) is 14.5 Å². The molecule has 9 nitrogen and oxygen atoms in total. The molecule has 6 N–H and O–H groups in total. The maximum absolute atomic E-state index is 14.7. The number of nitrogens with one attached hydrogen (secondary N) is 2. The molecule has 2 unspecified atom stereocenters. The highest BCUT2D eigenvalue weighted by molar-refractivity contribution is 5.99. The van der Waals surface area contributed by atoms with E-state index in [0.29, 0.717) is 24.5 Å². The third kappa shape index (κ3) is 4.58. The quantitative estimate of drug-likeness (QED) is 0.554. The molecule has 2 amide bonds. The average Bonchev–Trinajstić information content (AvgIpc) is 3.18. The van der Waals surface area contributed by atoms with Crippen LogP contribution < -0.4 is 27.0 Å². The van der Waals surface area contributed by atoms with Crippen LogP contribution in [-0.2, 0) is 4.79 Å². The Balaban J connectivity index is 1.62. The molecule has 2 fully saturated rings. The van der Waals surface area contributed by atoms with Crippen LogP contribution in [0.2, 0.25) is 0 Å². The molecular weight excluding hydrogens is 401 g/mol. The number of amides is 2. The lowest BCUT2D eigenvalue weighted by Gasteiger charge is -2.30. The second-order valence-electron chi connectivity index (χ2n) is 7.96. The Morgan fingerprint density at radius 1 is 1.19 bits per heavy atom. The number of carbonyl (C=O) groups excluding carboxylic acids is 2. The lowest BCUT2D eigenvalue weighted by molar-refractivity contribution is -0.117. The van der Waals surface area contributed by atoms with Crippen LogP contribution in [0.5, 0.6) is 0 Å². The summed E-state index contributed by atoms with van der Waals surface area (Å²) in [5, 5.41) is 6.11. The van der Waals surface area contributed by atoms with E-state index in [1.165, 1.54) is 0 Å². The van der Waals surface area contributed by atoms with E-state index in [9.17, 15) is 14.0 Å². The molecule has 0 aromatic carbocycles. The van der Waals surface area contributed by atoms with Crippen molar-refractivity contribution in [3.05, 3.63) is 35.8 Å². The van der Waals surface area contributed by atoms with Crippen molar-refractivity contribution in [2.75, 3.05) is 22.1 Å². The predicted octanol–water partition coefficient (Wildman–Crippen LogP) is 2.27. The van der Waals surface area contributed by atoms with Crippen LogP contribution in [0.1, 0.15) is 48.9 Å². The number of anilines is 4. The van der Waals surface area contributed by atoms with Gasteiger partial charge in [-0.1, -0.05) is 12.8 Å². The number of hydrogen-bond donors (Lipinski definition) is 4. The van der Waals surface area contributed by atoms with E-state index in [1.54, 1.807) is 23.2 Å². The largest absolute Gasteiger partial charge is 0.365 e. The highest BCUT2D eigenvalue weighted by Crippen LogP contribution is 2.28. The summed E-state index contributed by atoms with van der Waals surface area (Å²) >= 11 is 0. The van der Waals surface area contributed by atoms with Gasteiger partial charge in [0.05, 0.1) is 5.56 Å². The van der Waals surface area contributed by atoms with E-state index >= 15 is 0 Å². The predicted molar refractivity (Wildman–Crippen MR) is 116 cm³/mol. The van der Waals surface area contributed by atoms with Gasteiger partial charge in [0.2, 0.25) is 5.91 Å². The molecule has 1 saturated heterocycles. The molecule has 1 aliphatic heterocycles. The van der Waals surface area contributed by atoms with Crippen molar-refractivity contribution >= 4 is 35.0 Å². The smallest absolute Gasteiger partial charge is 0.252 e. The topological polar surface area (TPSA) is 139 Å². The number of aromatic nitrogens is 2. The SMILES string of the molecule is NC(=O)c1cc(F)c(NC2CCCCC2N)nc1Nc1ccnc(N2CCCC2=O)c1. The highest BCUT2D eigenvalue weighted by atomic mass is 19.1. The van der Waals surface area contributed by atoms with Crippen molar-refractivity contribution in [2.24, 2.45) is 11.5 Å². The average molecular weight is 427 g/mol. The molecular formula is C21H26FN7O2. The van der Waals surface area contributed by atoms with E-state index < -0.39 is 11.7 Å². The summed E-state index contributed by atoms with van der Waals surface area (Å²) in [4.78, 5) is 34.1. The molecule has 31 heavy (non-hydrogen) atoms. The van der Waals surface area contributed by atoms with Crippen molar-refractivity contribution in [1.82, 2.24) is 9.97 Å². The van der Waals surface area contributed by atoms with Crippen LogP contribution in [0.4, 0.5) is 27.5 Å². The molecule has 0 spiro atoms. The van der Waals surface area contributed by atoms with E-state index in [4.69, 9.17) is 11.5 Å². The fourth-order valence-corrected chi connectivity index (χ4v) is 4.06. The molecule has 4 rings (SSSR count). The Labute approximate surface area is 179 Å². The lowest BCUT2D eigenvalue weighted by Crippen LogP contribution is -2.43. The number of rotatable bonds is 6. The van der Waals surface area contributed by atoms with Gasteiger partial charge in [0.15, 0.2) is 11.6 Å². The Hall–Kier alpha value is -3.27. The van der Waals surface area contributed by atoms with Crippen LogP contribution in [0.25, 0.3) is 0 Å². The van der Waals surface area contributed by atoms with Gasteiger partial charge < -0.3 is 22.1 Å². The van der Waals surface area contributed by atoms with E-state index in [1.807, 2.05) is 0 Å². The second-order valence-corrected chi connectivity index (χ2v) is 7.96. The van der Waals surface area contributed by atoms with Gasteiger partial charge in [-0.15, -0.1) is 0 Å². The van der Waals surface area contributed by atoms with Crippen molar-refractivity contribution in [1.29, 1.82) is 0 Å². The molecule has 2 aromatic heterocycles. The summed E-state index contributed by atoms with van der Waals surface area (Å²) in [5.41, 5.74) is 12.1. The van der Waals surface area contributed by atoms with Gasteiger partial charge >= 0.3 is 0 Å². The van der Waals surface area contributed by atoms with E-state index in [0.717, 1.165) is 38.2 Å². The molecule has 0 bridgehead atoms. The first-order valence-corrected chi connectivity index (χ1v) is 10.5. The zero-order valence-corrected chi connectivity index (χ0v) is 17.1. The normalized spacial score (nSPS) is 21.2. The van der Waals surface area contributed by atoms with Crippen LogP contribution >= 0.6 is 0 Å². The standard InChI is InChI=1S/C21H26FN7O2/c22-14-11-13(19(24)31)20(28-21(14)27-16-5-2-1-4-15(16)23)26-12-7-8-25-17(10-12)29-9-3-6-18(29)30/h7-8,10-11,15-16H,1-6,9,23H2,(H2,24,31)(H2,25,26,27,28). The van der Waals surface area contributed by atoms with Gasteiger partial charge in [-0.2, -0.15) is 0 Å². The van der Waals surface area contributed by atoms with Crippen LogP contribution in [0.3, 0.4) is 0 Å². The first-order chi connectivity index (χ1) is 14.9. The number of nitrogens with two attached hydrogens (primary N) is 2. The summed E-state index contributed by atoms with van der Waals surface area (Å²) < 4.78 is 14.7. The molecule has 3 heterocycles. The molecule has 0 radical (unpaired) electrons. The first-order valence-electron chi connectivity index (χ1n) is 10.5.